The van der Waals surface area contributed by atoms with Crippen LogP contribution < -0.4 is 0 Å². The summed E-state index contributed by atoms with van der Waals surface area (Å²) in [4.78, 5) is 0. The molecule has 0 heterocycles. The molecule has 1 aromatic rings. The molecule has 0 aromatic heterocycles. The Balaban J connectivity index is 2.53. The van der Waals surface area contributed by atoms with Crippen molar-refractivity contribution in [2.45, 2.75) is 26.2 Å². The van der Waals surface area contributed by atoms with Crippen molar-refractivity contribution in [1.82, 2.24) is 0 Å². The second-order valence-corrected chi connectivity index (χ2v) is 2.94. The number of nitrogens with zero attached hydrogens (tertiary/aromatic N) is 1. The van der Waals surface area contributed by atoms with Gasteiger partial charge < -0.3 is 0 Å². The molecule has 62 valence electrons. The van der Waals surface area contributed by atoms with Gasteiger partial charge in [0.05, 0.1) is 6.07 Å². The molecule has 0 radical (unpaired) electrons. The zero-order valence-corrected chi connectivity index (χ0v) is 7.38. The highest BCUT2D eigenvalue weighted by Crippen LogP contribution is 2.09. The summed E-state index contributed by atoms with van der Waals surface area (Å²) < 4.78 is 0. The molecule has 1 aromatic carbocycles. The van der Waals surface area contributed by atoms with Gasteiger partial charge in [-0.15, -0.1) is 0 Å². The van der Waals surface area contributed by atoms with Crippen LogP contribution in [0.25, 0.3) is 0 Å². The van der Waals surface area contributed by atoms with E-state index in [0.29, 0.717) is 6.42 Å². The maximum Gasteiger partial charge on any atom is 0.0621 e. The summed E-state index contributed by atoms with van der Waals surface area (Å²) in [6, 6.07) is 10.5. The molecular weight excluding hydrogens is 146 g/mol. The molecular formula is C11H13N. The Hall–Kier alpha value is -1.29. The quantitative estimate of drug-likeness (QED) is 0.622. The van der Waals surface area contributed by atoms with Gasteiger partial charge in [0, 0.05) is 6.42 Å². The number of unbranched alkanes of at least 4 members (excludes halogenated alkanes) is 1. The second kappa shape index (κ2) is 4.56. The van der Waals surface area contributed by atoms with E-state index in [1.807, 2.05) is 6.07 Å². The first-order valence-electron chi connectivity index (χ1n) is 4.26. The monoisotopic (exact) mass is 159 g/mol. The Kier molecular flexibility index (Phi) is 3.35. The lowest BCUT2D eigenvalue weighted by atomic mass is 10.0. The van der Waals surface area contributed by atoms with E-state index >= 15 is 0 Å². The molecule has 0 aliphatic rings. The number of rotatable bonds is 3. The SMILES string of the molecule is Cc1ccccc1CCCC#N. The van der Waals surface area contributed by atoms with Gasteiger partial charge in [-0.2, -0.15) is 5.26 Å². The third-order valence-corrected chi connectivity index (χ3v) is 2.00. The fourth-order valence-corrected chi connectivity index (χ4v) is 1.25. The normalized spacial score (nSPS) is 9.33. The van der Waals surface area contributed by atoms with Crippen LogP contribution in [-0.2, 0) is 6.42 Å². The third kappa shape index (κ3) is 2.39. The molecule has 0 saturated heterocycles. The molecule has 0 unspecified atom stereocenters. The van der Waals surface area contributed by atoms with Crippen LogP contribution in [0.3, 0.4) is 0 Å². The Morgan fingerprint density at radius 2 is 2.08 bits per heavy atom. The third-order valence-electron chi connectivity index (χ3n) is 2.00. The predicted octanol–water partition coefficient (Wildman–Crippen LogP) is 2.84. The van der Waals surface area contributed by atoms with Crippen LogP contribution in [0.5, 0.6) is 0 Å². The summed E-state index contributed by atoms with van der Waals surface area (Å²) >= 11 is 0. The first-order chi connectivity index (χ1) is 5.84. The molecule has 0 saturated carbocycles. The molecule has 1 nitrogen and oxygen atoms in total. The van der Waals surface area contributed by atoms with Crippen LogP contribution in [0.15, 0.2) is 24.3 Å². The Bertz CT molecular complexity index is 283. The van der Waals surface area contributed by atoms with E-state index in [2.05, 4.69) is 31.2 Å². The van der Waals surface area contributed by atoms with Crippen LogP contribution >= 0.6 is 0 Å². The number of benzene rings is 1. The molecule has 0 bridgehead atoms. The Morgan fingerprint density at radius 3 is 2.75 bits per heavy atom. The van der Waals surface area contributed by atoms with Crippen molar-refractivity contribution in [3.05, 3.63) is 35.4 Å². The minimum atomic E-state index is 0.661. The average Bonchev–Trinajstić information content (AvgIpc) is 2.09. The van der Waals surface area contributed by atoms with Crippen molar-refractivity contribution in [1.29, 1.82) is 5.26 Å². The van der Waals surface area contributed by atoms with Gasteiger partial charge in [-0.25, -0.2) is 0 Å². The first kappa shape index (κ1) is 8.80. The molecule has 0 aliphatic heterocycles. The number of hydrogen-bond acceptors (Lipinski definition) is 1. The van der Waals surface area contributed by atoms with E-state index in [1.54, 1.807) is 0 Å². The van der Waals surface area contributed by atoms with Crippen LogP contribution in [0.2, 0.25) is 0 Å². The summed E-state index contributed by atoms with van der Waals surface area (Å²) in [7, 11) is 0. The molecule has 0 spiro atoms. The summed E-state index contributed by atoms with van der Waals surface area (Å²) in [6.45, 7) is 2.11. The smallest absolute Gasteiger partial charge is 0.0621 e. The fraction of sp³-hybridized carbons (Fsp3) is 0.364. The zero-order valence-electron chi connectivity index (χ0n) is 7.38. The predicted molar refractivity (Wildman–Crippen MR) is 49.7 cm³/mol. The zero-order chi connectivity index (χ0) is 8.81. The molecule has 1 heteroatoms. The highest BCUT2D eigenvalue weighted by molar-refractivity contribution is 5.25. The summed E-state index contributed by atoms with van der Waals surface area (Å²) in [6.07, 6.45) is 2.66. The van der Waals surface area contributed by atoms with E-state index in [0.717, 1.165) is 12.8 Å². The van der Waals surface area contributed by atoms with Crippen molar-refractivity contribution in [3.8, 4) is 6.07 Å². The highest BCUT2D eigenvalue weighted by atomic mass is 14.2. The van der Waals surface area contributed by atoms with E-state index in [9.17, 15) is 0 Å². The average molecular weight is 159 g/mol. The number of nitriles is 1. The molecule has 12 heavy (non-hydrogen) atoms. The lowest BCUT2D eigenvalue weighted by Gasteiger charge is -2.02. The van der Waals surface area contributed by atoms with Gasteiger partial charge in [0.15, 0.2) is 0 Å². The number of aryl methyl sites for hydroxylation is 2. The van der Waals surface area contributed by atoms with Gasteiger partial charge >= 0.3 is 0 Å². The Morgan fingerprint density at radius 1 is 1.33 bits per heavy atom. The fourth-order valence-electron chi connectivity index (χ4n) is 1.25. The highest BCUT2D eigenvalue weighted by Gasteiger charge is 1.95. The first-order valence-corrected chi connectivity index (χ1v) is 4.26. The van der Waals surface area contributed by atoms with Crippen molar-refractivity contribution < 1.29 is 0 Å². The summed E-state index contributed by atoms with van der Waals surface area (Å²) in [5, 5.41) is 8.36. The number of hydrogen-bond donors (Lipinski definition) is 0. The van der Waals surface area contributed by atoms with Gasteiger partial charge in [-0.1, -0.05) is 24.3 Å². The van der Waals surface area contributed by atoms with Gasteiger partial charge in [-0.05, 0) is 30.9 Å². The van der Waals surface area contributed by atoms with Crippen LogP contribution in [0.1, 0.15) is 24.0 Å². The molecule has 0 amide bonds. The van der Waals surface area contributed by atoms with Crippen molar-refractivity contribution in [2.75, 3.05) is 0 Å². The minimum absolute atomic E-state index is 0.661. The van der Waals surface area contributed by atoms with Crippen LogP contribution in [0, 0.1) is 18.3 Å². The molecule has 1 rings (SSSR count). The summed E-state index contributed by atoms with van der Waals surface area (Å²) in [5.41, 5.74) is 2.70. The summed E-state index contributed by atoms with van der Waals surface area (Å²) in [5.74, 6) is 0. The standard InChI is InChI=1S/C11H13N/c1-10-6-2-3-7-11(10)8-4-5-9-12/h2-3,6-7H,4-5,8H2,1H3. The molecule has 0 atom stereocenters. The van der Waals surface area contributed by atoms with E-state index in [-0.39, 0.29) is 0 Å². The van der Waals surface area contributed by atoms with Gasteiger partial charge in [0.25, 0.3) is 0 Å². The van der Waals surface area contributed by atoms with E-state index in [4.69, 9.17) is 5.26 Å². The van der Waals surface area contributed by atoms with Crippen molar-refractivity contribution in [3.63, 3.8) is 0 Å². The lowest BCUT2D eigenvalue weighted by molar-refractivity contribution is 0.845. The molecule has 0 N–H and O–H groups in total. The molecule has 0 aliphatic carbocycles. The van der Waals surface area contributed by atoms with Gasteiger partial charge in [0.1, 0.15) is 0 Å². The van der Waals surface area contributed by atoms with E-state index < -0.39 is 0 Å². The molecule has 0 fully saturated rings. The maximum atomic E-state index is 8.36. The van der Waals surface area contributed by atoms with Crippen LogP contribution in [0.4, 0.5) is 0 Å². The van der Waals surface area contributed by atoms with Gasteiger partial charge in [-0.3, -0.25) is 0 Å². The maximum absolute atomic E-state index is 8.36. The minimum Gasteiger partial charge on any atom is -0.198 e. The van der Waals surface area contributed by atoms with Crippen LogP contribution in [-0.4, -0.2) is 0 Å². The lowest BCUT2D eigenvalue weighted by Crippen LogP contribution is -1.88. The van der Waals surface area contributed by atoms with Crippen molar-refractivity contribution >= 4 is 0 Å². The second-order valence-electron chi connectivity index (χ2n) is 2.94. The Labute approximate surface area is 73.6 Å². The van der Waals surface area contributed by atoms with Crippen molar-refractivity contribution in [2.24, 2.45) is 0 Å². The largest absolute Gasteiger partial charge is 0.198 e. The van der Waals surface area contributed by atoms with E-state index in [1.165, 1.54) is 11.1 Å². The van der Waals surface area contributed by atoms with Gasteiger partial charge in [0.2, 0.25) is 0 Å². The topological polar surface area (TPSA) is 23.8 Å².